The molecule has 1 saturated carbocycles. The maximum atomic E-state index is 6.48. The molecular weight excluding hydrogens is 479 g/mol. The maximum absolute atomic E-state index is 6.48. The molecule has 1 aromatic heterocycles. The Balaban J connectivity index is 0.00000240. The molecule has 2 aliphatic rings. The Morgan fingerprint density at radius 1 is 1.28 bits per heavy atom. The molecule has 8 heteroatoms. The van der Waals surface area contributed by atoms with Crippen molar-refractivity contribution in [3.63, 3.8) is 0 Å². The normalized spacial score (nSPS) is 19.9. The highest BCUT2D eigenvalue weighted by Gasteiger charge is 2.43. The van der Waals surface area contributed by atoms with E-state index in [4.69, 9.17) is 9.73 Å². The van der Waals surface area contributed by atoms with Crippen molar-refractivity contribution < 1.29 is 4.74 Å². The molecule has 7 nitrogen and oxygen atoms in total. The van der Waals surface area contributed by atoms with Crippen molar-refractivity contribution >= 4 is 29.9 Å². The molecular formula is C21H31IN6O. The van der Waals surface area contributed by atoms with Crippen LogP contribution in [0.25, 0.3) is 0 Å². The van der Waals surface area contributed by atoms with Crippen LogP contribution in [-0.4, -0.2) is 32.9 Å². The van der Waals surface area contributed by atoms with Gasteiger partial charge in [0, 0.05) is 25.1 Å². The molecule has 0 amide bonds. The van der Waals surface area contributed by atoms with E-state index in [1.807, 2.05) is 4.57 Å². The number of hydrogen-bond donors (Lipinski definition) is 2. The van der Waals surface area contributed by atoms with E-state index < -0.39 is 0 Å². The molecule has 1 atom stereocenters. The molecule has 1 unspecified atom stereocenters. The lowest BCUT2D eigenvalue weighted by Crippen LogP contribution is -2.46. The van der Waals surface area contributed by atoms with Crippen LogP contribution in [0.5, 0.6) is 5.75 Å². The molecule has 1 aromatic carbocycles. The van der Waals surface area contributed by atoms with E-state index >= 15 is 0 Å². The molecule has 29 heavy (non-hydrogen) atoms. The third-order valence-electron chi connectivity index (χ3n) is 5.78. The van der Waals surface area contributed by atoms with Gasteiger partial charge in [-0.05, 0) is 45.6 Å². The fourth-order valence-electron chi connectivity index (χ4n) is 4.37. The Labute approximate surface area is 189 Å². The molecule has 2 N–H and O–H groups in total. The first-order valence-electron chi connectivity index (χ1n) is 10.4. The second kappa shape index (κ2) is 9.77. The number of nitrogens with zero attached hydrogens (tertiary/aromatic N) is 4. The number of aryl methyl sites for hydroxylation is 1. The second-order valence-electron chi connectivity index (χ2n) is 7.66. The van der Waals surface area contributed by atoms with Crippen LogP contribution in [0.1, 0.15) is 63.4 Å². The molecule has 0 saturated heterocycles. The summed E-state index contributed by atoms with van der Waals surface area (Å²) < 4.78 is 8.50. The summed E-state index contributed by atoms with van der Waals surface area (Å²) in [5, 5.41) is 15.2. The summed E-state index contributed by atoms with van der Waals surface area (Å²) in [6.07, 6.45) is 7.48. The first-order chi connectivity index (χ1) is 13.7. The summed E-state index contributed by atoms with van der Waals surface area (Å²) >= 11 is 0. The Kier molecular flexibility index (Phi) is 7.37. The second-order valence-corrected chi connectivity index (χ2v) is 7.66. The van der Waals surface area contributed by atoms with Crippen molar-refractivity contribution in [2.45, 2.75) is 70.7 Å². The van der Waals surface area contributed by atoms with Gasteiger partial charge in [0.25, 0.3) is 0 Å². The third kappa shape index (κ3) is 4.84. The van der Waals surface area contributed by atoms with Crippen LogP contribution in [0, 0.1) is 0 Å². The molecule has 2 heterocycles. The number of halogens is 1. The molecule has 1 spiro atoms. The van der Waals surface area contributed by atoms with Gasteiger partial charge in [-0.2, -0.15) is 0 Å². The van der Waals surface area contributed by atoms with Crippen molar-refractivity contribution in [2.24, 2.45) is 4.99 Å². The number of rotatable bonds is 5. The van der Waals surface area contributed by atoms with Gasteiger partial charge in [-0.25, -0.2) is 4.99 Å². The molecule has 158 valence electrons. The molecule has 1 aliphatic carbocycles. The summed E-state index contributed by atoms with van der Waals surface area (Å²) in [4.78, 5) is 4.78. The number of aromatic nitrogens is 3. The largest absolute Gasteiger partial charge is 0.487 e. The number of benzene rings is 1. The summed E-state index contributed by atoms with van der Waals surface area (Å²) in [5.74, 6) is 2.69. The minimum Gasteiger partial charge on any atom is -0.487 e. The van der Waals surface area contributed by atoms with Crippen LogP contribution in [0.2, 0.25) is 0 Å². The van der Waals surface area contributed by atoms with E-state index in [9.17, 15) is 0 Å². The number of ether oxygens (including phenoxy) is 1. The Morgan fingerprint density at radius 3 is 2.83 bits per heavy atom. The quantitative estimate of drug-likeness (QED) is 0.364. The van der Waals surface area contributed by atoms with Gasteiger partial charge in [-0.3, -0.25) is 0 Å². The molecule has 1 fully saturated rings. The van der Waals surface area contributed by atoms with Crippen LogP contribution >= 0.6 is 24.0 Å². The maximum Gasteiger partial charge on any atom is 0.192 e. The number of nitrogens with one attached hydrogen (secondary N) is 2. The molecule has 1 aliphatic heterocycles. The van der Waals surface area contributed by atoms with Crippen LogP contribution in [0.15, 0.2) is 35.6 Å². The summed E-state index contributed by atoms with van der Waals surface area (Å²) in [6, 6.07) is 8.58. The van der Waals surface area contributed by atoms with Gasteiger partial charge in [0.1, 0.15) is 24.2 Å². The fourth-order valence-corrected chi connectivity index (χ4v) is 4.37. The van der Waals surface area contributed by atoms with Crippen molar-refractivity contribution in [1.82, 2.24) is 25.4 Å². The van der Waals surface area contributed by atoms with E-state index in [0.717, 1.165) is 49.9 Å². The SMILES string of the molecule is CCNC(=NCc1nncn1CC)NC1CC2(CCCC2)Oc2ccccc21.I. The molecule has 2 aromatic rings. The third-order valence-corrected chi connectivity index (χ3v) is 5.78. The van der Waals surface area contributed by atoms with Gasteiger partial charge in [0.05, 0.1) is 6.04 Å². The average molecular weight is 510 g/mol. The smallest absolute Gasteiger partial charge is 0.192 e. The zero-order chi connectivity index (χ0) is 19.4. The minimum absolute atomic E-state index is 0. The number of fused-ring (bicyclic) bond motifs is 1. The highest BCUT2D eigenvalue weighted by molar-refractivity contribution is 14.0. The van der Waals surface area contributed by atoms with Gasteiger partial charge in [-0.15, -0.1) is 34.2 Å². The topological polar surface area (TPSA) is 76.4 Å². The van der Waals surface area contributed by atoms with Crippen LogP contribution in [0.4, 0.5) is 0 Å². The Hall–Kier alpha value is -1.84. The zero-order valence-electron chi connectivity index (χ0n) is 17.2. The predicted molar refractivity (Wildman–Crippen MR) is 125 cm³/mol. The van der Waals surface area contributed by atoms with Gasteiger partial charge in [0.2, 0.25) is 0 Å². The minimum atomic E-state index is -0.0360. The number of hydrogen-bond acceptors (Lipinski definition) is 4. The summed E-state index contributed by atoms with van der Waals surface area (Å²) in [5.41, 5.74) is 1.17. The first kappa shape index (κ1) is 21.9. The highest BCUT2D eigenvalue weighted by Crippen LogP contribution is 2.46. The zero-order valence-corrected chi connectivity index (χ0v) is 19.6. The van der Waals surface area contributed by atoms with Crippen molar-refractivity contribution in [1.29, 1.82) is 0 Å². The van der Waals surface area contributed by atoms with E-state index in [1.165, 1.54) is 18.4 Å². The Morgan fingerprint density at radius 2 is 2.07 bits per heavy atom. The summed E-state index contributed by atoms with van der Waals surface area (Å²) in [7, 11) is 0. The standard InChI is InChI=1S/C21H30N6O.HI/c1-3-22-20(23-14-19-26-24-15-27(19)4-2)25-17-13-21(11-7-8-12-21)28-18-10-6-5-9-16(17)18;/h5-6,9-10,15,17H,3-4,7-8,11-14H2,1-2H3,(H2,22,23,25);1H. The van der Waals surface area contributed by atoms with Gasteiger partial charge >= 0.3 is 0 Å². The predicted octanol–water partition coefficient (Wildman–Crippen LogP) is 3.81. The molecule has 4 rings (SSSR count). The van der Waals surface area contributed by atoms with Crippen molar-refractivity contribution in [3.8, 4) is 5.75 Å². The Bertz CT molecular complexity index is 830. The first-order valence-corrected chi connectivity index (χ1v) is 10.4. The molecule has 0 radical (unpaired) electrons. The highest BCUT2D eigenvalue weighted by atomic mass is 127. The average Bonchev–Trinajstić information content (AvgIpc) is 3.35. The lowest BCUT2D eigenvalue weighted by atomic mass is 9.86. The van der Waals surface area contributed by atoms with E-state index in [1.54, 1.807) is 6.33 Å². The number of guanidine groups is 1. The lowest BCUT2D eigenvalue weighted by Gasteiger charge is -2.40. The van der Waals surface area contributed by atoms with Gasteiger partial charge < -0.3 is 19.9 Å². The van der Waals surface area contributed by atoms with Crippen LogP contribution in [-0.2, 0) is 13.1 Å². The molecule has 0 bridgehead atoms. The summed E-state index contributed by atoms with van der Waals surface area (Å²) in [6.45, 7) is 6.32. The van der Waals surface area contributed by atoms with E-state index in [2.05, 4.69) is 58.9 Å². The van der Waals surface area contributed by atoms with Crippen LogP contribution in [0.3, 0.4) is 0 Å². The monoisotopic (exact) mass is 510 g/mol. The van der Waals surface area contributed by atoms with E-state index in [-0.39, 0.29) is 35.6 Å². The van der Waals surface area contributed by atoms with E-state index in [0.29, 0.717) is 6.54 Å². The van der Waals surface area contributed by atoms with Crippen molar-refractivity contribution in [2.75, 3.05) is 6.54 Å². The number of para-hydroxylation sites is 1. The van der Waals surface area contributed by atoms with Gasteiger partial charge in [-0.1, -0.05) is 18.2 Å². The van der Waals surface area contributed by atoms with Gasteiger partial charge in [0.15, 0.2) is 11.8 Å². The number of aliphatic imine (C=N–C) groups is 1. The van der Waals surface area contributed by atoms with Crippen molar-refractivity contribution in [3.05, 3.63) is 42.0 Å². The lowest BCUT2D eigenvalue weighted by molar-refractivity contribution is 0.0396. The fraction of sp³-hybridized carbons (Fsp3) is 0.571. The van der Waals surface area contributed by atoms with Crippen LogP contribution < -0.4 is 15.4 Å².